The Morgan fingerprint density at radius 2 is 1.75 bits per heavy atom. The van der Waals surface area contributed by atoms with Gasteiger partial charge in [0.05, 0.1) is 0 Å². The summed E-state index contributed by atoms with van der Waals surface area (Å²) in [5, 5.41) is 0. The van der Waals surface area contributed by atoms with Crippen molar-refractivity contribution in [1.29, 1.82) is 0 Å². The molecule has 0 spiro atoms. The van der Waals surface area contributed by atoms with Crippen LogP contribution in [0.15, 0.2) is 0 Å². The normalized spacial score (nSPS) is 26.2. The van der Waals surface area contributed by atoms with Crippen LogP contribution in [0, 0.1) is 5.92 Å². The first-order chi connectivity index (χ1) is 5.61. The van der Waals surface area contributed by atoms with E-state index in [4.69, 9.17) is 32.7 Å². The average Bonchev–Trinajstić information content (AvgIpc) is 2.60. The zero-order valence-corrected chi connectivity index (χ0v) is 8.86. The third-order valence-electron chi connectivity index (χ3n) is 1.86. The lowest BCUT2D eigenvalue weighted by atomic mass is 10.4. The predicted molar refractivity (Wildman–Crippen MR) is 49.6 cm³/mol. The summed E-state index contributed by atoms with van der Waals surface area (Å²) < 4.78 is 10.1. The van der Waals surface area contributed by atoms with Crippen LogP contribution in [-0.4, -0.2) is 23.8 Å². The number of hydrogen-bond acceptors (Lipinski definition) is 2. The molecule has 0 aromatic carbocycles. The lowest BCUT2D eigenvalue weighted by molar-refractivity contribution is -0.148. The van der Waals surface area contributed by atoms with Crippen molar-refractivity contribution in [3.63, 3.8) is 0 Å². The zero-order valence-electron chi connectivity index (χ0n) is 7.35. The first-order valence-corrected chi connectivity index (χ1v) is 4.98. The van der Waals surface area contributed by atoms with E-state index < -0.39 is 4.33 Å². The lowest BCUT2D eigenvalue weighted by Gasteiger charge is -2.16. The molecule has 0 aromatic rings. The molecule has 0 saturated heterocycles. The van der Waals surface area contributed by atoms with Crippen molar-refractivity contribution in [3.8, 4) is 0 Å². The maximum Gasteiger partial charge on any atom is 0.163 e. The highest BCUT2D eigenvalue weighted by atomic mass is 35.5. The van der Waals surface area contributed by atoms with Crippen molar-refractivity contribution in [3.05, 3.63) is 0 Å². The molecule has 0 radical (unpaired) electrons. The minimum absolute atomic E-state index is 0.140. The quantitative estimate of drug-likeness (QED) is 0.516. The monoisotopic (exact) mass is 212 g/mol. The molecule has 1 aliphatic carbocycles. The molecule has 1 aliphatic rings. The van der Waals surface area contributed by atoms with Crippen LogP contribution < -0.4 is 0 Å². The van der Waals surface area contributed by atoms with Gasteiger partial charge in [0.2, 0.25) is 0 Å². The third kappa shape index (κ3) is 2.49. The summed E-state index contributed by atoms with van der Waals surface area (Å²) in [5.41, 5.74) is 0. The van der Waals surface area contributed by atoms with Crippen LogP contribution in [0.5, 0.6) is 0 Å². The Morgan fingerprint density at radius 3 is 2.00 bits per heavy atom. The van der Waals surface area contributed by atoms with E-state index in [0.717, 1.165) is 6.42 Å². The molecule has 12 heavy (non-hydrogen) atoms. The van der Waals surface area contributed by atoms with Crippen LogP contribution in [-0.2, 0) is 9.47 Å². The van der Waals surface area contributed by atoms with E-state index in [-0.39, 0.29) is 12.2 Å². The van der Waals surface area contributed by atoms with Crippen molar-refractivity contribution in [2.75, 3.05) is 13.2 Å². The van der Waals surface area contributed by atoms with E-state index in [9.17, 15) is 0 Å². The predicted octanol–water partition coefficient (Wildman–Crippen LogP) is 2.58. The molecule has 0 amide bonds. The zero-order chi connectivity index (χ0) is 9.19. The first kappa shape index (κ1) is 10.6. The summed E-state index contributed by atoms with van der Waals surface area (Å²) in [6.45, 7) is 5.12. The van der Waals surface area contributed by atoms with Crippen LogP contribution >= 0.6 is 23.2 Å². The van der Waals surface area contributed by atoms with Crippen molar-refractivity contribution >= 4 is 23.2 Å². The number of halogens is 2. The van der Waals surface area contributed by atoms with Gasteiger partial charge in [0.15, 0.2) is 6.29 Å². The second kappa shape index (κ2) is 4.14. The summed E-state index contributed by atoms with van der Waals surface area (Å²) in [6.07, 6.45) is 0.538. The van der Waals surface area contributed by atoms with Gasteiger partial charge in [-0.3, -0.25) is 0 Å². The average molecular weight is 213 g/mol. The van der Waals surface area contributed by atoms with Crippen LogP contribution in [0.25, 0.3) is 0 Å². The number of hydrogen-bond donors (Lipinski definition) is 0. The number of ether oxygens (including phenoxy) is 2. The Balaban J connectivity index is 2.34. The van der Waals surface area contributed by atoms with Crippen molar-refractivity contribution < 1.29 is 9.47 Å². The molecule has 1 fully saturated rings. The molecule has 0 heterocycles. The Morgan fingerprint density at radius 1 is 1.33 bits per heavy atom. The van der Waals surface area contributed by atoms with Gasteiger partial charge in [-0.2, -0.15) is 0 Å². The molecule has 0 aromatic heterocycles. The van der Waals surface area contributed by atoms with Gasteiger partial charge in [0, 0.05) is 19.1 Å². The molecule has 1 saturated carbocycles. The van der Waals surface area contributed by atoms with E-state index in [1.165, 1.54) is 0 Å². The molecular formula is C8H14Cl2O2. The molecule has 1 atom stereocenters. The summed E-state index contributed by atoms with van der Waals surface area (Å²) in [6, 6.07) is 0. The maximum atomic E-state index is 5.88. The smallest absolute Gasteiger partial charge is 0.163 e. The number of alkyl halides is 2. The summed E-state index contributed by atoms with van der Waals surface area (Å²) >= 11 is 11.8. The SMILES string of the molecule is CCOC(OCC)C1CC1(Cl)Cl. The largest absolute Gasteiger partial charge is 0.353 e. The van der Waals surface area contributed by atoms with E-state index in [1.54, 1.807) is 0 Å². The molecule has 0 aliphatic heterocycles. The van der Waals surface area contributed by atoms with Gasteiger partial charge >= 0.3 is 0 Å². The second-order valence-electron chi connectivity index (χ2n) is 2.85. The standard InChI is InChI=1S/C8H14Cl2O2/c1-3-11-7(12-4-2)6-5-8(6,9)10/h6-7H,3-5H2,1-2H3. The van der Waals surface area contributed by atoms with Crippen LogP contribution in [0.1, 0.15) is 20.3 Å². The fraction of sp³-hybridized carbons (Fsp3) is 1.00. The summed E-state index contributed by atoms with van der Waals surface area (Å²) in [4.78, 5) is 0. The molecule has 0 N–H and O–H groups in total. The van der Waals surface area contributed by atoms with Gasteiger partial charge in [-0.1, -0.05) is 0 Å². The van der Waals surface area contributed by atoms with Gasteiger partial charge in [-0.25, -0.2) is 0 Å². The van der Waals surface area contributed by atoms with Crippen LogP contribution in [0.2, 0.25) is 0 Å². The minimum atomic E-state index is -0.616. The van der Waals surface area contributed by atoms with Crippen LogP contribution in [0.4, 0.5) is 0 Å². The summed E-state index contributed by atoms with van der Waals surface area (Å²) in [5.74, 6) is 0.140. The molecule has 1 unspecified atom stereocenters. The molecule has 1 rings (SSSR count). The van der Waals surface area contributed by atoms with Crippen LogP contribution in [0.3, 0.4) is 0 Å². The van der Waals surface area contributed by atoms with E-state index in [2.05, 4.69) is 0 Å². The van der Waals surface area contributed by atoms with Gasteiger partial charge < -0.3 is 9.47 Å². The van der Waals surface area contributed by atoms with Crippen molar-refractivity contribution in [1.82, 2.24) is 0 Å². The first-order valence-electron chi connectivity index (χ1n) is 4.22. The highest BCUT2D eigenvalue weighted by Gasteiger charge is 2.56. The van der Waals surface area contributed by atoms with E-state index in [0.29, 0.717) is 13.2 Å². The Kier molecular flexibility index (Phi) is 3.65. The minimum Gasteiger partial charge on any atom is -0.353 e. The van der Waals surface area contributed by atoms with Gasteiger partial charge in [0.1, 0.15) is 4.33 Å². The Hall–Kier alpha value is 0.500. The fourth-order valence-electron chi connectivity index (χ4n) is 1.14. The Labute approximate surface area is 83.1 Å². The van der Waals surface area contributed by atoms with Crippen molar-refractivity contribution in [2.24, 2.45) is 5.92 Å². The van der Waals surface area contributed by atoms with E-state index in [1.807, 2.05) is 13.8 Å². The second-order valence-corrected chi connectivity index (χ2v) is 4.39. The third-order valence-corrected chi connectivity index (χ3v) is 2.73. The van der Waals surface area contributed by atoms with E-state index >= 15 is 0 Å². The molecule has 4 heteroatoms. The maximum absolute atomic E-state index is 5.88. The molecule has 0 bridgehead atoms. The fourth-order valence-corrected chi connectivity index (χ4v) is 1.68. The molecule has 2 nitrogen and oxygen atoms in total. The van der Waals surface area contributed by atoms with Gasteiger partial charge in [-0.15, -0.1) is 23.2 Å². The highest BCUT2D eigenvalue weighted by Crippen LogP contribution is 2.55. The summed E-state index contributed by atoms with van der Waals surface area (Å²) in [7, 11) is 0. The van der Waals surface area contributed by atoms with Gasteiger partial charge in [0.25, 0.3) is 0 Å². The molecule has 72 valence electrons. The van der Waals surface area contributed by atoms with Crippen molar-refractivity contribution in [2.45, 2.75) is 30.9 Å². The molecular weight excluding hydrogens is 199 g/mol. The lowest BCUT2D eigenvalue weighted by Crippen LogP contribution is -2.22. The highest BCUT2D eigenvalue weighted by molar-refractivity contribution is 6.50. The Bertz CT molecular complexity index is 144. The van der Waals surface area contributed by atoms with Gasteiger partial charge in [-0.05, 0) is 20.3 Å². The topological polar surface area (TPSA) is 18.5 Å². The number of rotatable bonds is 5.